The first-order valence-corrected chi connectivity index (χ1v) is 10.6. The van der Waals surface area contributed by atoms with Gasteiger partial charge in [0, 0.05) is 11.1 Å². The third-order valence-electron chi connectivity index (χ3n) is 5.55. The first-order valence-electron chi connectivity index (χ1n) is 9.82. The number of benzene rings is 4. The average Bonchev–Trinajstić information content (AvgIpc) is 3.12. The molecule has 4 heteroatoms. The van der Waals surface area contributed by atoms with Gasteiger partial charge in [-0.3, -0.25) is 0 Å². The van der Waals surface area contributed by atoms with Gasteiger partial charge in [-0.2, -0.15) is 5.10 Å². The van der Waals surface area contributed by atoms with Gasteiger partial charge in [0.2, 0.25) is 0 Å². The predicted molar refractivity (Wildman–Crippen MR) is 126 cm³/mol. The van der Waals surface area contributed by atoms with Gasteiger partial charge in [-0.25, -0.2) is 4.68 Å². The lowest BCUT2D eigenvalue weighted by Gasteiger charge is -2.37. The summed E-state index contributed by atoms with van der Waals surface area (Å²) in [5, 5.41) is 6.00. The summed E-state index contributed by atoms with van der Waals surface area (Å²) in [4.78, 5) is 0. The Morgan fingerprint density at radius 1 is 0.667 bits per heavy atom. The minimum absolute atomic E-state index is 0.649. The highest BCUT2D eigenvalue weighted by atomic mass is 79.9. The van der Waals surface area contributed by atoms with Crippen LogP contribution in [0.5, 0.6) is 0 Å². The number of anilines is 1. The molecule has 0 aliphatic carbocycles. The molecule has 0 saturated carbocycles. The highest BCUT2D eigenvalue weighted by molar-refractivity contribution is 9.10. The van der Waals surface area contributed by atoms with E-state index in [0.29, 0.717) is 5.69 Å². The molecule has 0 fully saturated rings. The third-order valence-corrected chi connectivity index (χ3v) is 6.14. The molecule has 0 atom stereocenters. The standard InChI is InChI=1S/C26H20BrN3/c27-25-23-18-22(28)16-17-24(23)30(29-25)26(19-10-4-1-5-11-19,20-12-6-2-7-13-20)21-14-8-3-9-15-21/h1-18H,28H2. The predicted octanol–water partition coefficient (Wildman–Crippen LogP) is 6.22. The van der Waals surface area contributed by atoms with Crippen LogP contribution in [0.15, 0.2) is 114 Å². The first-order chi connectivity index (χ1) is 14.7. The molecule has 4 aromatic carbocycles. The maximum Gasteiger partial charge on any atom is 0.138 e. The van der Waals surface area contributed by atoms with E-state index >= 15 is 0 Å². The summed E-state index contributed by atoms with van der Waals surface area (Å²) in [6.45, 7) is 0. The van der Waals surface area contributed by atoms with Crippen LogP contribution >= 0.6 is 15.9 Å². The number of hydrogen-bond acceptors (Lipinski definition) is 2. The maximum atomic E-state index is 6.09. The summed E-state index contributed by atoms with van der Waals surface area (Å²) in [5.41, 5.74) is 10.6. The summed E-state index contributed by atoms with van der Waals surface area (Å²) in [5.74, 6) is 0. The smallest absolute Gasteiger partial charge is 0.138 e. The number of rotatable bonds is 4. The van der Waals surface area contributed by atoms with Gasteiger partial charge in [0.1, 0.15) is 10.1 Å². The number of aromatic nitrogens is 2. The van der Waals surface area contributed by atoms with Crippen LogP contribution in [-0.2, 0) is 5.54 Å². The Morgan fingerprint density at radius 3 is 1.60 bits per heavy atom. The summed E-state index contributed by atoms with van der Waals surface area (Å²) in [7, 11) is 0. The van der Waals surface area contributed by atoms with Crippen LogP contribution in [0.3, 0.4) is 0 Å². The number of hydrogen-bond donors (Lipinski definition) is 1. The Hall–Kier alpha value is -3.37. The van der Waals surface area contributed by atoms with Gasteiger partial charge in [-0.1, -0.05) is 91.0 Å². The largest absolute Gasteiger partial charge is 0.399 e. The number of nitrogen functional groups attached to an aromatic ring is 1. The fraction of sp³-hybridized carbons (Fsp3) is 0.0385. The van der Waals surface area contributed by atoms with Gasteiger partial charge < -0.3 is 5.73 Å². The number of nitrogens with zero attached hydrogens (tertiary/aromatic N) is 2. The van der Waals surface area contributed by atoms with E-state index in [4.69, 9.17) is 10.8 Å². The van der Waals surface area contributed by atoms with E-state index < -0.39 is 5.54 Å². The quantitative estimate of drug-likeness (QED) is 0.259. The molecule has 0 bridgehead atoms. The lowest BCUT2D eigenvalue weighted by Crippen LogP contribution is -2.38. The van der Waals surface area contributed by atoms with Crippen LogP contribution < -0.4 is 5.73 Å². The zero-order valence-corrected chi connectivity index (χ0v) is 17.8. The van der Waals surface area contributed by atoms with Crippen molar-refractivity contribution in [3.63, 3.8) is 0 Å². The normalized spacial score (nSPS) is 11.6. The van der Waals surface area contributed by atoms with Crippen molar-refractivity contribution in [2.24, 2.45) is 0 Å². The number of nitrogens with two attached hydrogens (primary N) is 1. The molecule has 3 nitrogen and oxygen atoms in total. The van der Waals surface area contributed by atoms with Crippen molar-refractivity contribution in [1.82, 2.24) is 9.78 Å². The topological polar surface area (TPSA) is 43.8 Å². The molecule has 0 aliphatic heterocycles. The van der Waals surface area contributed by atoms with Crippen LogP contribution in [0.2, 0.25) is 0 Å². The molecule has 5 aromatic rings. The van der Waals surface area contributed by atoms with Crippen molar-refractivity contribution in [3.8, 4) is 0 Å². The summed E-state index contributed by atoms with van der Waals surface area (Å²) < 4.78 is 2.89. The highest BCUT2D eigenvalue weighted by Crippen LogP contribution is 2.43. The van der Waals surface area contributed by atoms with Crippen LogP contribution in [0.1, 0.15) is 16.7 Å². The second-order valence-electron chi connectivity index (χ2n) is 7.29. The van der Waals surface area contributed by atoms with Crippen LogP contribution in [0.4, 0.5) is 5.69 Å². The molecular weight excluding hydrogens is 434 g/mol. The first kappa shape index (κ1) is 18.6. The molecule has 30 heavy (non-hydrogen) atoms. The van der Waals surface area contributed by atoms with E-state index in [-0.39, 0.29) is 0 Å². The fourth-order valence-corrected chi connectivity index (χ4v) is 4.74. The molecule has 146 valence electrons. The van der Waals surface area contributed by atoms with Gasteiger partial charge >= 0.3 is 0 Å². The highest BCUT2D eigenvalue weighted by Gasteiger charge is 2.40. The van der Waals surface area contributed by atoms with E-state index in [1.807, 2.05) is 36.4 Å². The number of fused-ring (bicyclic) bond motifs is 1. The van der Waals surface area contributed by atoms with Crippen molar-refractivity contribution in [3.05, 3.63) is 130 Å². The molecule has 5 rings (SSSR count). The summed E-state index contributed by atoms with van der Waals surface area (Å²) in [6.07, 6.45) is 0. The van der Waals surface area contributed by atoms with E-state index in [2.05, 4.69) is 93.4 Å². The van der Waals surface area contributed by atoms with Gasteiger partial charge in [0.15, 0.2) is 0 Å². The lowest BCUT2D eigenvalue weighted by atomic mass is 9.77. The van der Waals surface area contributed by atoms with Crippen molar-refractivity contribution >= 4 is 32.5 Å². The van der Waals surface area contributed by atoms with Crippen molar-refractivity contribution in [2.45, 2.75) is 5.54 Å². The molecule has 1 heterocycles. The van der Waals surface area contributed by atoms with Gasteiger partial charge in [-0.05, 0) is 50.8 Å². The Balaban J connectivity index is 1.98. The molecule has 0 aliphatic rings. The van der Waals surface area contributed by atoms with E-state index in [1.165, 1.54) is 0 Å². The van der Waals surface area contributed by atoms with Crippen LogP contribution in [-0.4, -0.2) is 9.78 Å². The molecule has 0 saturated heterocycles. The average molecular weight is 454 g/mol. The van der Waals surface area contributed by atoms with Crippen LogP contribution in [0, 0.1) is 0 Å². The summed E-state index contributed by atoms with van der Waals surface area (Å²) >= 11 is 3.67. The minimum atomic E-state index is -0.649. The Kier molecular flexibility index (Phi) is 4.64. The van der Waals surface area contributed by atoms with Crippen molar-refractivity contribution < 1.29 is 0 Å². The third kappa shape index (κ3) is 2.84. The van der Waals surface area contributed by atoms with Gasteiger partial charge in [0.25, 0.3) is 0 Å². The molecule has 0 spiro atoms. The molecular formula is C26H20BrN3. The molecule has 0 amide bonds. The second-order valence-corrected chi connectivity index (χ2v) is 8.04. The zero-order chi connectivity index (χ0) is 20.6. The second kappa shape index (κ2) is 7.47. The minimum Gasteiger partial charge on any atom is -0.399 e. The van der Waals surface area contributed by atoms with Gasteiger partial charge in [0.05, 0.1) is 5.52 Å². The fourth-order valence-electron chi connectivity index (χ4n) is 4.26. The molecule has 1 aromatic heterocycles. The molecule has 0 radical (unpaired) electrons. The monoisotopic (exact) mass is 453 g/mol. The SMILES string of the molecule is Nc1ccc2c(c1)c(Br)nn2C(c1ccccc1)(c1ccccc1)c1ccccc1. The van der Waals surface area contributed by atoms with Crippen molar-refractivity contribution in [1.29, 1.82) is 0 Å². The molecule has 0 unspecified atom stereocenters. The Morgan fingerprint density at radius 2 is 1.13 bits per heavy atom. The van der Waals surface area contributed by atoms with Crippen LogP contribution in [0.25, 0.3) is 10.9 Å². The zero-order valence-electron chi connectivity index (χ0n) is 16.2. The Labute approximate surface area is 183 Å². The van der Waals surface area contributed by atoms with E-state index in [9.17, 15) is 0 Å². The van der Waals surface area contributed by atoms with Gasteiger partial charge in [-0.15, -0.1) is 0 Å². The Bertz CT molecular complexity index is 1200. The lowest BCUT2D eigenvalue weighted by molar-refractivity contribution is 0.473. The number of halogens is 1. The maximum absolute atomic E-state index is 6.09. The molecule has 2 N–H and O–H groups in total. The van der Waals surface area contributed by atoms with E-state index in [0.717, 1.165) is 32.2 Å². The van der Waals surface area contributed by atoms with E-state index in [1.54, 1.807) is 0 Å². The van der Waals surface area contributed by atoms with Crippen molar-refractivity contribution in [2.75, 3.05) is 5.73 Å². The summed E-state index contributed by atoms with van der Waals surface area (Å²) in [6, 6.07) is 37.5.